The lowest BCUT2D eigenvalue weighted by atomic mass is 9.99. The maximum absolute atomic E-state index is 13.9. The van der Waals surface area contributed by atoms with Crippen molar-refractivity contribution in [1.82, 2.24) is 0 Å². The summed E-state index contributed by atoms with van der Waals surface area (Å²) in [5.41, 5.74) is 1.23. The first-order chi connectivity index (χ1) is 8.50. The molecule has 0 aliphatic carbocycles. The van der Waals surface area contributed by atoms with E-state index in [1.54, 1.807) is 37.3 Å². The van der Waals surface area contributed by atoms with Gasteiger partial charge in [-0.2, -0.15) is 0 Å². The standard InChI is InChI=1S/C14H11Cl2FO/c1-8-3-2-4-10(13(8)17)14(18)9-5-6-11(15)12(16)7-9/h2-7,14,18H,1H3. The van der Waals surface area contributed by atoms with Crippen molar-refractivity contribution in [2.45, 2.75) is 13.0 Å². The average molecular weight is 285 g/mol. The van der Waals surface area contributed by atoms with Gasteiger partial charge in [0.2, 0.25) is 0 Å². The summed E-state index contributed by atoms with van der Waals surface area (Å²) in [7, 11) is 0. The zero-order valence-corrected chi connectivity index (χ0v) is 11.1. The van der Waals surface area contributed by atoms with Gasteiger partial charge in [0.1, 0.15) is 11.9 Å². The second-order valence-corrected chi connectivity index (χ2v) is 4.87. The molecule has 18 heavy (non-hydrogen) atoms. The highest BCUT2D eigenvalue weighted by Gasteiger charge is 2.16. The summed E-state index contributed by atoms with van der Waals surface area (Å²) in [5, 5.41) is 10.9. The maximum atomic E-state index is 13.9. The van der Waals surface area contributed by atoms with Crippen molar-refractivity contribution in [3.05, 3.63) is 69.0 Å². The van der Waals surface area contributed by atoms with Gasteiger partial charge in [-0.3, -0.25) is 0 Å². The normalized spacial score (nSPS) is 12.5. The van der Waals surface area contributed by atoms with E-state index in [1.165, 1.54) is 6.07 Å². The van der Waals surface area contributed by atoms with E-state index in [0.717, 1.165) is 0 Å². The predicted molar refractivity (Wildman–Crippen MR) is 71.7 cm³/mol. The Balaban J connectivity index is 2.44. The Labute approximate surface area is 115 Å². The largest absolute Gasteiger partial charge is 0.384 e. The van der Waals surface area contributed by atoms with Crippen LogP contribution >= 0.6 is 23.2 Å². The molecule has 1 unspecified atom stereocenters. The van der Waals surface area contributed by atoms with Crippen LogP contribution in [-0.4, -0.2) is 5.11 Å². The third kappa shape index (κ3) is 2.51. The van der Waals surface area contributed by atoms with Crippen molar-refractivity contribution in [3.8, 4) is 0 Å². The molecular formula is C14H11Cl2FO. The van der Waals surface area contributed by atoms with E-state index in [1.807, 2.05) is 0 Å². The number of hydrogen-bond acceptors (Lipinski definition) is 1. The summed E-state index contributed by atoms with van der Waals surface area (Å²) in [6.45, 7) is 1.65. The fourth-order valence-corrected chi connectivity index (χ4v) is 2.05. The van der Waals surface area contributed by atoms with Crippen molar-refractivity contribution < 1.29 is 9.50 Å². The lowest BCUT2D eigenvalue weighted by molar-refractivity contribution is 0.214. The molecule has 1 nitrogen and oxygen atoms in total. The topological polar surface area (TPSA) is 20.2 Å². The molecular weight excluding hydrogens is 274 g/mol. The summed E-state index contributed by atoms with van der Waals surface area (Å²) in [6, 6.07) is 9.65. The van der Waals surface area contributed by atoms with Gasteiger partial charge in [-0.25, -0.2) is 4.39 Å². The Bertz CT molecular complexity index is 584. The molecule has 0 fully saturated rings. The van der Waals surface area contributed by atoms with E-state index in [-0.39, 0.29) is 5.56 Å². The summed E-state index contributed by atoms with van der Waals surface area (Å²) >= 11 is 11.7. The van der Waals surface area contributed by atoms with E-state index in [2.05, 4.69) is 0 Å². The number of aliphatic hydroxyl groups is 1. The van der Waals surface area contributed by atoms with Crippen molar-refractivity contribution in [1.29, 1.82) is 0 Å². The third-order valence-corrected chi connectivity index (χ3v) is 3.51. The van der Waals surface area contributed by atoms with Crippen LogP contribution in [0.3, 0.4) is 0 Å². The number of halogens is 3. The second-order valence-electron chi connectivity index (χ2n) is 4.05. The van der Waals surface area contributed by atoms with Crippen LogP contribution in [0.15, 0.2) is 36.4 Å². The summed E-state index contributed by atoms with van der Waals surface area (Å²) < 4.78 is 13.9. The highest BCUT2D eigenvalue weighted by Crippen LogP contribution is 2.30. The Kier molecular flexibility index (Phi) is 3.91. The number of hydrogen-bond donors (Lipinski definition) is 1. The van der Waals surface area contributed by atoms with E-state index >= 15 is 0 Å². The molecule has 0 amide bonds. The van der Waals surface area contributed by atoms with Crippen LogP contribution in [0.2, 0.25) is 10.0 Å². The first kappa shape index (κ1) is 13.3. The zero-order chi connectivity index (χ0) is 13.3. The maximum Gasteiger partial charge on any atom is 0.132 e. The van der Waals surface area contributed by atoms with Crippen LogP contribution < -0.4 is 0 Å². The van der Waals surface area contributed by atoms with Gasteiger partial charge in [-0.05, 0) is 30.2 Å². The van der Waals surface area contributed by atoms with E-state index in [9.17, 15) is 9.50 Å². The van der Waals surface area contributed by atoms with Crippen LogP contribution in [0, 0.1) is 12.7 Å². The molecule has 2 aromatic carbocycles. The van der Waals surface area contributed by atoms with Crippen LogP contribution in [0.4, 0.5) is 4.39 Å². The highest BCUT2D eigenvalue weighted by molar-refractivity contribution is 6.42. The lowest BCUT2D eigenvalue weighted by Gasteiger charge is -2.14. The second kappa shape index (κ2) is 5.27. The zero-order valence-electron chi connectivity index (χ0n) is 9.62. The molecule has 0 saturated heterocycles. The van der Waals surface area contributed by atoms with E-state index in [0.29, 0.717) is 21.2 Å². The molecule has 0 aromatic heterocycles. The molecule has 0 aliphatic heterocycles. The van der Waals surface area contributed by atoms with E-state index in [4.69, 9.17) is 23.2 Å². The lowest BCUT2D eigenvalue weighted by Crippen LogP contribution is -2.03. The Hall–Kier alpha value is -1.09. The molecule has 2 rings (SSSR count). The third-order valence-electron chi connectivity index (χ3n) is 2.78. The van der Waals surface area contributed by atoms with Gasteiger partial charge >= 0.3 is 0 Å². The molecule has 0 radical (unpaired) electrons. The summed E-state index contributed by atoms with van der Waals surface area (Å²) in [5.74, 6) is -0.406. The molecule has 0 heterocycles. The predicted octanol–water partition coefficient (Wildman–Crippen LogP) is 4.52. The number of benzene rings is 2. The Morgan fingerprint density at radius 1 is 1.11 bits per heavy atom. The van der Waals surface area contributed by atoms with Crippen molar-refractivity contribution in [2.24, 2.45) is 0 Å². The molecule has 1 N–H and O–H groups in total. The van der Waals surface area contributed by atoms with Crippen LogP contribution in [-0.2, 0) is 0 Å². The molecule has 0 saturated carbocycles. The van der Waals surface area contributed by atoms with Gasteiger partial charge in [0.05, 0.1) is 10.0 Å². The number of aryl methyl sites for hydroxylation is 1. The SMILES string of the molecule is Cc1cccc(C(O)c2ccc(Cl)c(Cl)c2)c1F. The molecule has 4 heteroatoms. The van der Waals surface area contributed by atoms with Crippen LogP contribution in [0.5, 0.6) is 0 Å². The van der Waals surface area contributed by atoms with Gasteiger partial charge in [-0.1, -0.05) is 47.5 Å². The van der Waals surface area contributed by atoms with E-state index < -0.39 is 11.9 Å². The fourth-order valence-electron chi connectivity index (χ4n) is 1.74. The highest BCUT2D eigenvalue weighted by atomic mass is 35.5. The minimum Gasteiger partial charge on any atom is -0.384 e. The van der Waals surface area contributed by atoms with Gasteiger partial charge in [0.25, 0.3) is 0 Å². The quantitative estimate of drug-likeness (QED) is 0.860. The molecule has 1 atom stereocenters. The van der Waals surface area contributed by atoms with Gasteiger partial charge in [0.15, 0.2) is 0 Å². The fraction of sp³-hybridized carbons (Fsp3) is 0.143. The molecule has 0 bridgehead atoms. The monoisotopic (exact) mass is 284 g/mol. The Morgan fingerprint density at radius 3 is 2.50 bits per heavy atom. The smallest absolute Gasteiger partial charge is 0.132 e. The minimum absolute atomic E-state index is 0.230. The molecule has 0 aliphatic rings. The van der Waals surface area contributed by atoms with Crippen molar-refractivity contribution in [3.63, 3.8) is 0 Å². The van der Waals surface area contributed by atoms with Gasteiger partial charge in [-0.15, -0.1) is 0 Å². The summed E-state index contributed by atoms with van der Waals surface area (Å²) in [4.78, 5) is 0. The van der Waals surface area contributed by atoms with Gasteiger partial charge < -0.3 is 5.11 Å². The summed E-state index contributed by atoms with van der Waals surface area (Å²) in [6.07, 6.45) is -1.06. The minimum atomic E-state index is -1.06. The molecule has 2 aromatic rings. The number of rotatable bonds is 2. The average Bonchev–Trinajstić information content (AvgIpc) is 2.35. The molecule has 94 valence electrons. The van der Waals surface area contributed by atoms with Crippen LogP contribution in [0.25, 0.3) is 0 Å². The van der Waals surface area contributed by atoms with Gasteiger partial charge in [0, 0.05) is 5.56 Å². The Morgan fingerprint density at radius 2 is 1.83 bits per heavy atom. The first-order valence-corrected chi connectivity index (χ1v) is 6.14. The first-order valence-electron chi connectivity index (χ1n) is 5.38. The van der Waals surface area contributed by atoms with Crippen molar-refractivity contribution >= 4 is 23.2 Å². The van der Waals surface area contributed by atoms with Crippen LogP contribution in [0.1, 0.15) is 22.8 Å². The number of aliphatic hydroxyl groups excluding tert-OH is 1. The molecule has 0 spiro atoms. The van der Waals surface area contributed by atoms with Crippen molar-refractivity contribution in [2.75, 3.05) is 0 Å².